The van der Waals surface area contributed by atoms with Gasteiger partial charge in [0.2, 0.25) is 11.8 Å². The van der Waals surface area contributed by atoms with E-state index in [1.807, 2.05) is 0 Å². The molecular weight excluding hydrogens is 226 g/mol. The van der Waals surface area contributed by atoms with Gasteiger partial charge in [0, 0.05) is 6.07 Å². The van der Waals surface area contributed by atoms with Crippen molar-refractivity contribution in [3.63, 3.8) is 0 Å². The number of nitrogens with zero attached hydrogens (tertiary/aromatic N) is 1. The Morgan fingerprint density at radius 2 is 2.18 bits per heavy atom. The van der Waals surface area contributed by atoms with Gasteiger partial charge in [-0.15, -0.1) is 0 Å². The molecule has 17 heavy (non-hydrogen) atoms. The Hall–Kier alpha value is -1.86. The van der Waals surface area contributed by atoms with Crippen LogP contribution in [-0.2, 0) is 4.79 Å². The number of aromatic nitrogens is 1. The maximum atomic E-state index is 10.6. The van der Waals surface area contributed by atoms with Gasteiger partial charge < -0.3 is 26.4 Å². The van der Waals surface area contributed by atoms with E-state index in [9.17, 15) is 15.0 Å². The first kappa shape index (κ1) is 13.2. The second kappa shape index (κ2) is 5.46. The van der Waals surface area contributed by atoms with Crippen LogP contribution < -0.4 is 16.2 Å². The molecule has 0 spiro atoms. The van der Waals surface area contributed by atoms with E-state index >= 15 is 0 Å². The molecule has 1 aromatic rings. The molecule has 1 heterocycles. The molecule has 0 aliphatic carbocycles. The fraction of sp³-hybridized carbons (Fsp3) is 0.400. The second-order valence-electron chi connectivity index (χ2n) is 3.51. The molecule has 1 aromatic heterocycles. The van der Waals surface area contributed by atoms with Gasteiger partial charge in [-0.25, -0.2) is 4.98 Å². The third-order valence-corrected chi connectivity index (χ3v) is 2.20. The lowest BCUT2D eigenvalue weighted by Crippen LogP contribution is -2.26. The fourth-order valence-corrected chi connectivity index (χ4v) is 1.32. The van der Waals surface area contributed by atoms with Crippen molar-refractivity contribution in [3.8, 4) is 5.88 Å². The molecule has 94 valence electrons. The van der Waals surface area contributed by atoms with Crippen LogP contribution in [0.2, 0.25) is 0 Å². The Balaban J connectivity index is 2.94. The van der Waals surface area contributed by atoms with Crippen molar-refractivity contribution in [2.75, 3.05) is 12.8 Å². The van der Waals surface area contributed by atoms with Gasteiger partial charge in [-0.05, 0) is 6.07 Å². The third kappa shape index (κ3) is 3.30. The Labute approximate surface area is 98.0 Å². The number of primary amides is 1. The van der Waals surface area contributed by atoms with E-state index < -0.39 is 18.1 Å². The largest absolute Gasteiger partial charge is 0.481 e. The predicted molar refractivity (Wildman–Crippen MR) is 60.0 cm³/mol. The van der Waals surface area contributed by atoms with Gasteiger partial charge in [-0.3, -0.25) is 4.79 Å². The maximum Gasteiger partial charge on any atom is 0.220 e. The summed E-state index contributed by atoms with van der Waals surface area (Å²) in [5.74, 6) is -0.474. The lowest BCUT2D eigenvalue weighted by atomic mass is 10.1. The highest BCUT2D eigenvalue weighted by molar-refractivity contribution is 5.74. The van der Waals surface area contributed by atoms with E-state index in [2.05, 4.69) is 4.98 Å². The normalized spacial score (nSPS) is 14.1. The molecule has 0 aliphatic rings. The predicted octanol–water partition coefficient (Wildman–Crippen LogP) is -1.06. The quantitative estimate of drug-likeness (QED) is 0.519. The number of rotatable bonds is 5. The molecule has 2 atom stereocenters. The average Bonchev–Trinajstić information content (AvgIpc) is 2.28. The second-order valence-corrected chi connectivity index (χ2v) is 3.51. The number of carbonyl (C=O) groups excluding carboxylic acids is 1. The highest BCUT2D eigenvalue weighted by atomic mass is 16.5. The third-order valence-electron chi connectivity index (χ3n) is 2.20. The van der Waals surface area contributed by atoms with Gasteiger partial charge in [0.1, 0.15) is 6.10 Å². The van der Waals surface area contributed by atoms with Crippen LogP contribution in [0.25, 0.3) is 0 Å². The van der Waals surface area contributed by atoms with Crippen molar-refractivity contribution in [2.24, 2.45) is 5.73 Å². The maximum absolute atomic E-state index is 10.6. The Kier molecular flexibility index (Phi) is 4.24. The molecular formula is C10H15N3O4. The molecule has 0 aliphatic heterocycles. The van der Waals surface area contributed by atoms with Crippen LogP contribution >= 0.6 is 0 Å². The summed E-state index contributed by atoms with van der Waals surface area (Å²) < 4.78 is 4.87. The average molecular weight is 241 g/mol. The minimum atomic E-state index is -1.39. The van der Waals surface area contributed by atoms with E-state index in [0.29, 0.717) is 0 Å². The number of ether oxygens (including phenoxy) is 1. The zero-order chi connectivity index (χ0) is 13.0. The number of hydrogen-bond donors (Lipinski definition) is 4. The standard InChI is InChI=1S/C10H15N3O4/c1-17-8-3-2-5(11)9(13-8)10(16)6(14)4-7(12)15/h2-3,6,10,14,16H,4,11H2,1H3,(H2,12,15). The first-order chi connectivity index (χ1) is 7.95. The zero-order valence-corrected chi connectivity index (χ0v) is 9.33. The number of methoxy groups -OCH3 is 1. The molecule has 6 N–H and O–H groups in total. The molecule has 2 unspecified atom stereocenters. The zero-order valence-electron chi connectivity index (χ0n) is 9.33. The summed E-state index contributed by atoms with van der Waals surface area (Å²) in [6.45, 7) is 0. The van der Waals surface area contributed by atoms with E-state index in [1.165, 1.54) is 19.2 Å². The van der Waals surface area contributed by atoms with Crippen molar-refractivity contribution >= 4 is 11.6 Å². The van der Waals surface area contributed by atoms with E-state index in [1.54, 1.807) is 0 Å². The summed E-state index contributed by atoms with van der Waals surface area (Å²) in [6, 6.07) is 3.01. The van der Waals surface area contributed by atoms with Crippen LogP contribution in [0.15, 0.2) is 12.1 Å². The van der Waals surface area contributed by atoms with Crippen LogP contribution in [0.4, 0.5) is 5.69 Å². The summed E-state index contributed by atoms with van der Waals surface area (Å²) in [7, 11) is 1.41. The molecule has 0 bridgehead atoms. The van der Waals surface area contributed by atoms with Crippen molar-refractivity contribution in [3.05, 3.63) is 17.8 Å². The summed E-state index contributed by atoms with van der Waals surface area (Å²) >= 11 is 0. The lowest BCUT2D eigenvalue weighted by molar-refractivity contribution is -0.121. The number of hydrogen-bond acceptors (Lipinski definition) is 6. The Bertz CT molecular complexity index is 411. The molecule has 0 fully saturated rings. The number of nitrogen functional groups attached to an aromatic ring is 1. The molecule has 0 radical (unpaired) electrons. The summed E-state index contributed by atoms with van der Waals surface area (Å²) in [5, 5.41) is 19.3. The number of amides is 1. The van der Waals surface area contributed by atoms with Gasteiger partial charge in [-0.2, -0.15) is 0 Å². The van der Waals surface area contributed by atoms with E-state index in [-0.39, 0.29) is 23.7 Å². The fourth-order valence-electron chi connectivity index (χ4n) is 1.32. The topological polar surface area (TPSA) is 132 Å². The van der Waals surface area contributed by atoms with Crippen LogP contribution in [0.5, 0.6) is 5.88 Å². The van der Waals surface area contributed by atoms with Crippen LogP contribution in [0, 0.1) is 0 Å². The smallest absolute Gasteiger partial charge is 0.220 e. The number of pyridine rings is 1. The Morgan fingerprint density at radius 3 is 2.71 bits per heavy atom. The van der Waals surface area contributed by atoms with Crippen LogP contribution in [0.1, 0.15) is 18.2 Å². The highest BCUT2D eigenvalue weighted by Crippen LogP contribution is 2.24. The first-order valence-corrected chi connectivity index (χ1v) is 4.90. The summed E-state index contributed by atoms with van der Waals surface area (Å²) in [4.78, 5) is 14.5. The SMILES string of the molecule is COc1ccc(N)c(C(O)C(O)CC(N)=O)n1. The molecule has 0 saturated heterocycles. The van der Waals surface area contributed by atoms with E-state index in [4.69, 9.17) is 16.2 Å². The number of aliphatic hydroxyl groups excluding tert-OH is 2. The van der Waals surface area contributed by atoms with Gasteiger partial charge in [0.15, 0.2) is 0 Å². The minimum absolute atomic E-state index is 0.0538. The number of aliphatic hydroxyl groups is 2. The molecule has 1 rings (SSSR count). The molecule has 0 aromatic carbocycles. The number of carbonyl (C=O) groups is 1. The number of anilines is 1. The van der Waals surface area contributed by atoms with Gasteiger partial charge in [0.25, 0.3) is 0 Å². The molecule has 7 nitrogen and oxygen atoms in total. The summed E-state index contributed by atoms with van der Waals surface area (Å²) in [5.41, 5.74) is 10.8. The van der Waals surface area contributed by atoms with Gasteiger partial charge in [0.05, 0.1) is 31.0 Å². The van der Waals surface area contributed by atoms with Crippen molar-refractivity contribution < 1.29 is 19.7 Å². The van der Waals surface area contributed by atoms with Crippen LogP contribution in [-0.4, -0.2) is 34.3 Å². The first-order valence-electron chi connectivity index (χ1n) is 4.90. The lowest BCUT2D eigenvalue weighted by Gasteiger charge is -2.17. The van der Waals surface area contributed by atoms with Gasteiger partial charge >= 0.3 is 0 Å². The molecule has 1 amide bonds. The van der Waals surface area contributed by atoms with Gasteiger partial charge in [-0.1, -0.05) is 0 Å². The highest BCUT2D eigenvalue weighted by Gasteiger charge is 2.24. The van der Waals surface area contributed by atoms with Crippen molar-refractivity contribution in [2.45, 2.75) is 18.6 Å². The Morgan fingerprint density at radius 1 is 1.53 bits per heavy atom. The molecule has 0 saturated carbocycles. The van der Waals surface area contributed by atoms with Crippen molar-refractivity contribution in [1.82, 2.24) is 4.98 Å². The molecule has 7 heteroatoms. The van der Waals surface area contributed by atoms with Crippen molar-refractivity contribution in [1.29, 1.82) is 0 Å². The number of nitrogens with two attached hydrogens (primary N) is 2. The minimum Gasteiger partial charge on any atom is -0.481 e. The van der Waals surface area contributed by atoms with E-state index in [0.717, 1.165) is 0 Å². The van der Waals surface area contributed by atoms with Crippen LogP contribution in [0.3, 0.4) is 0 Å². The summed E-state index contributed by atoms with van der Waals surface area (Å²) in [6.07, 6.45) is -3.12. The monoisotopic (exact) mass is 241 g/mol.